The van der Waals surface area contributed by atoms with Gasteiger partial charge in [0, 0.05) is 6.04 Å². The van der Waals surface area contributed by atoms with Crippen LogP contribution in [0.25, 0.3) is 0 Å². The number of aryl methyl sites for hydroxylation is 1. The molecule has 1 aliphatic heterocycles. The molecule has 4 rings (SSSR count). The number of amides is 1. The lowest BCUT2D eigenvalue weighted by molar-refractivity contribution is 0.0928. The van der Waals surface area contributed by atoms with E-state index < -0.39 is 0 Å². The van der Waals surface area contributed by atoms with E-state index in [-0.39, 0.29) is 11.9 Å². The van der Waals surface area contributed by atoms with E-state index in [1.165, 1.54) is 11.1 Å². The summed E-state index contributed by atoms with van der Waals surface area (Å²) in [4.78, 5) is 12.5. The van der Waals surface area contributed by atoms with Gasteiger partial charge in [0.2, 0.25) is 0 Å². The summed E-state index contributed by atoms with van der Waals surface area (Å²) in [6.45, 7) is 1.99. The van der Waals surface area contributed by atoms with Crippen LogP contribution in [-0.4, -0.2) is 40.0 Å². The molecule has 2 N–H and O–H groups in total. The maximum atomic E-state index is 12.5. The average Bonchev–Trinajstić information content (AvgIpc) is 3.13. The third-order valence-corrected chi connectivity index (χ3v) is 5.11. The Labute approximate surface area is 141 Å². The molecule has 1 aliphatic carbocycles. The largest absolute Gasteiger partial charge is 0.348 e. The van der Waals surface area contributed by atoms with Crippen molar-refractivity contribution in [3.63, 3.8) is 0 Å². The molecule has 1 saturated heterocycles. The van der Waals surface area contributed by atoms with E-state index in [2.05, 4.69) is 45.2 Å². The smallest absolute Gasteiger partial charge is 0.273 e. The Morgan fingerprint density at radius 1 is 1.17 bits per heavy atom. The Morgan fingerprint density at radius 2 is 1.96 bits per heavy atom. The first-order chi connectivity index (χ1) is 11.8. The summed E-state index contributed by atoms with van der Waals surface area (Å²) < 4.78 is 1.85. The van der Waals surface area contributed by atoms with Crippen molar-refractivity contribution in [2.45, 2.75) is 44.2 Å². The first-order valence-electron chi connectivity index (χ1n) is 8.80. The third kappa shape index (κ3) is 3.19. The summed E-state index contributed by atoms with van der Waals surface area (Å²) in [5, 5.41) is 14.7. The molecule has 1 atom stereocenters. The molecule has 1 amide bonds. The van der Waals surface area contributed by atoms with Crippen molar-refractivity contribution in [2.24, 2.45) is 0 Å². The summed E-state index contributed by atoms with van der Waals surface area (Å²) in [6, 6.07) is 9.00. The van der Waals surface area contributed by atoms with Gasteiger partial charge < -0.3 is 10.6 Å². The standard InChI is InChI=1S/C18H23N5O/c24-18(17-12-23(22-21-17)16-7-9-19-10-8-16)20-15-6-5-13-3-1-2-4-14(13)11-15/h1-4,12,15-16,19H,5-11H2,(H,20,24). The molecule has 2 aliphatic rings. The molecule has 24 heavy (non-hydrogen) atoms. The van der Waals surface area contributed by atoms with Crippen LogP contribution in [-0.2, 0) is 12.8 Å². The zero-order valence-corrected chi connectivity index (χ0v) is 13.7. The summed E-state index contributed by atoms with van der Waals surface area (Å²) in [7, 11) is 0. The highest BCUT2D eigenvalue weighted by Gasteiger charge is 2.23. The average molecular weight is 325 g/mol. The van der Waals surface area contributed by atoms with Gasteiger partial charge in [0.15, 0.2) is 5.69 Å². The Kier molecular flexibility index (Phi) is 4.30. The summed E-state index contributed by atoms with van der Waals surface area (Å²) in [5.74, 6) is -0.112. The fourth-order valence-electron chi connectivity index (χ4n) is 3.71. The number of carbonyl (C=O) groups excluding carboxylic acids is 1. The fourth-order valence-corrected chi connectivity index (χ4v) is 3.71. The van der Waals surface area contributed by atoms with Crippen LogP contribution in [0.1, 0.15) is 46.9 Å². The monoisotopic (exact) mass is 325 g/mol. The van der Waals surface area contributed by atoms with E-state index in [1.807, 2.05) is 4.68 Å². The van der Waals surface area contributed by atoms with Gasteiger partial charge in [-0.25, -0.2) is 4.68 Å². The van der Waals surface area contributed by atoms with Crippen LogP contribution in [0.5, 0.6) is 0 Å². The van der Waals surface area contributed by atoms with Crippen molar-refractivity contribution in [3.05, 3.63) is 47.3 Å². The number of piperidine rings is 1. The second-order valence-corrected chi connectivity index (χ2v) is 6.75. The lowest BCUT2D eigenvalue weighted by Gasteiger charge is -2.25. The molecule has 0 saturated carbocycles. The van der Waals surface area contributed by atoms with Crippen molar-refractivity contribution in [1.29, 1.82) is 0 Å². The van der Waals surface area contributed by atoms with E-state index in [4.69, 9.17) is 0 Å². The molecule has 1 fully saturated rings. The molecule has 6 heteroatoms. The summed E-state index contributed by atoms with van der Waals surface area (Å²) in [6.07, 6.45) is 6.74. The lowest BCUT2D eigenvalue weighted by Crippen LogP contribution is -2.39. The van der Waals surface area contributed by atoms with Gasteiger partial charge in [-0.1, -0.05) is 29.5 Å². The number of nitrogens with zero attached hydrogens (tertiary/aromatic N) is 3. The number of rotatable bonds is 3. The van der Waals surface area contributed by atoms with Crippen molar-refractivity contribution >= 4 is 5.91 Å². The number of hydrogen-bond acceptors (Lipinski definition) is 4. The van der Waals surface area contributed by atoms with Gasteiger partial charge in [-0.3, -0.25) is 4.79 Å². The number of nitrogens with one attached hydrogen (secondary N) is 2. The predicted octanol–water partition coefficient (Wildman–Crippen LogP) is 1.49. The summed E-state index contributed by atoms with van der Waals surface area (Å²) in [5.41, 5.74) is 3.17. The van der Waals surface area contributed by atoms with E-state index in [9.17, 15) is 4.79 Å². The Bertz CT molecular complexity index is 720. The van der Waals surface area contributed by atoms with Gasteiger partial charge in [-0.15, -0.1) is 5.10 Å². The quantitative estimate of drug-likeness (QED) is 0.897. The van der Waals surface area contributed by atoms with Crippen LogP contribution in [0.15, 0.2) is 30.5 Å². The molecular formula is C18H23N5O. The van der Waals surface area contributed by atoms with Crippen LogP contribution in [0.4, 0.5) is 0 Å². The molecule has 2 heterocycles. The van der Waals surface area contributed by atoms with E-state index in [0.717, 1.165) is 45.2 Å². The topological polar surface area (TPSA) is 71.8 Å². The maximum absolute atomic E-state index is 12.5. The minimum atomic E-state index is -0.112. The fraction of sp³-hybridized carbons (Fsp3) is 0.500. The number of fused-ring (bicyclic) bond motifs is 1. The first-order valence-corrected chi connectivity index (χ1v) is 8.80. The molecule has 0 bridgehead atoms. The molecule has 1 aromatic heterocycles. The third-order valence-electron chi connectivity index (χ3n) is 5.11. The number of carbonyl (C=O) groups is 1. The molecule has 126 valence electrons. The SMILES string of the molecule is O=C(NC1CCc2ccccc2C1)c1cn(C2CCNCC2)nn1. The zero-order chi connectivity index (χ0) is 16.4. The minimum absolute atomic E-state index is 0.112. The van der Waals surface area contributed by atoms with Gasteiger partial charge in [0.1, 0.15) is 0 Å². The van der Waals surface area contributed by atoms with Crippen molar-refractivity contribution in [2.75, 3.05) is 13.1 Å². The van der Waals surface area contributed by atoms with Gasteiger partial charge in [-0.2, -0.15) is 0 Å². The first kappa shape index (κ1) is 15.3. The van der Waals surface area contributed by atoms with Crippen LogP contribution < -0.4 is 10.6 Å². The molecule has 2 aromatic rings. The number of aromatic nitrogens is 3. The Morgan fingerprint density at radius 3 is 2.79 bits per heavy atom. The van der Waals surface area contributed by atoms with E-state index in [1.54, 1.807) is 6.20 Å². The normalized spacial score (nSPS) is 21.2. The van der Waals surface area contributed by atoms with Crippen LogP contribution >= 0.6 is 0 Å². The van der Waals surface area contributed by atoms with Crippen LogP contribution in [0, 0.1) is 0 Å². The molecule has 0 spiro atoms. The Balaban J connectivity index is 1.39. The molecule has 1 unspecified atom stereocenters. The van der Waals surface area contributed by atoms with Gasteiger partial charge >= 0.3 is 0 Å². The van der Waals surface area contributed by atoms with Gasteiger partial charge in [0.25, 0.3) is 5.91 Å². The number of benzene rings is 1. The van der Waals surface area contributed by atoms with Gasteiger partial charge in [-0.05, 0) is 56.3 Å². The van der Waals surface area contributed by atoms with Crippen molar-refractivity contribution in [1.82, 2.24) is 25.6 Å². The van der Waals surface area contributed by atoms with Crippen molar-refractivity contribution in [3.8, 4) is 0 Å². The zero-order valence-electron chi connectivity index (χ0n) is 13.7. The summed E-state index contributed by atoms with van der Waals surface area (Å²) >= 11 is 0. The molecule has 6 nitrogen and oxygen atoms in total. The second-order valence-electron chi connectivity index (χ2n) is 6.75. The second kappa shape index (κ2) is 6.73. The van der Waals surface area contributed by atoms with Crippen molar-refractivity contribution < 1.29 is 4.79 Å². The molecule has 0 radical (unpaired) electrons. The van der Waals surface area contributed by atoms with E-state index in [0.29, 0.717) is 11.7 Å². The highest BCUT2D eigenvalue weighted by Crippen LogP contribution is 2.21. The highest BCUT2D eigenvalue weighted by atomic mass is 16.2. The minimum Gasteiger partial charge on any atom is -0.348 e. The molecule has 1 aromatic carbocycles. The predicted molar refractivity (Wildman–Crippen MR) is 90.9 cm³/mol. The Hall–Kier alpha value is -2.21. The van der Waals surface area contributed by atoms with Gasteiger partial charge in [0.05, 0.1) is 12.2 Å². The highest BCUT2D eigenvalue weighted by molar-refractivity contribution is 5.92. The lowest BCUT2D eigenvalue weighted by atomic mass is 9.88. The molecular weight excluding hydrogens is 302 g/mol. The van der Waals surface area contributed by atoms with Crippen LogP contribution in [0.2, 0.25) is 0 Å². The van der Waals surface area contributed by atoms with E-state index >= 15 is 0 Å². The van der Waals surface area contributed by atoms with Crippen LogP contribution in [0.3, 0.4) is 0 Å². The number of hydrogen-bond donors (Lipinski definition) is 2. The maximum Gasteiger partial charge on any atom is 0.273 e.